The minimum Gasteiger partial charge on any atom is -0.460 e. The first-order valence-electron chi connectivity index (χ1n) is 11.1. The number of nitrogens with zero attached hydrogens (tertiary/aromatic N) is 2. The number of hydrogen-bond acceptors (Lipinski definition) is 7. The maximum absolute atomic E-state index is 12.7. The zero-order valence-corrected chi connectivity index (χ0v) is 18.7. The van der Waals surface area contributed by atoms with E-state index in [9.17, 15) is 9.59 Å². The summed E-state index contributed by atoms with van der Waals surface area (Å²) in [5.74, 6) is -0.0103. The van der Waals surface area contributed by atoms with Crippen LogP contribution in [0, 0.1) is 0 Å². The summed E-state index contributed by atoms with van der Waals surface area (Å²) in [6.45, 7) is 5.30. The lowest BCUT2D eigenvalue weighted by Gasteiger charge is -2.27. The van der Waals surface area contributed by atoms with E-state index in [4.69, 9.17) is 9.47 Å². The number of anilines is 2. The number of nitrogens with one attached hydrogen (secondary N) is 2. The molecule has 0 saturated heterocycles. The van der Waals surface area contributed by atoms with E-state index in [-0.39, 0.29) is 12.2 Å². The van der Waals surface area contributed by atoms with Crippen LogP contribution >= 0.6 is 0 Å². The average molecular weight is 449 g/mol. The molecule has 0 amide bonds. The van der Waals surface area contributed by atoms with Crippen molar-refractivity contribution in [2.24, 2.45) is 0 Å². The second-order valence-electron chi connectivity index (χ2n) is 7.82. The number of esters is 1. The van der Waals surface area contributed by atoms with E-state index in [2.05, 4.69) is 32.3 Å². The molecule has 172 valence electrons. The highest BCUT2D eigenvalue weighted by molar-refractivity contribution is 5.89. The van der Waals surface area contributed by atoms with Crippen LogP contribution < -0.4 is 10.9 Å². The number of hydrogen-bond donors (Lipinski definition) is 2. The highest BCUT2D eigenvalue weighted by atomic mass is 16.6. The Morgan fingerprint density at radius 3 is 2.67 bits per heavy atom. The predicted octanol–water partition coefficient (Wildman–Crippen LogP) is 3.27. The second kappa shape index (κ2) is 10.9. The molecule has 33 heavy (non-hydrogen) atoms. The van der Waals surface area contributed by atoms with Crippen LogP contribution in [0.3, 0.4) is 0 Å². The fraction of sp³-hybridized carbons (Fsp3) is 0.320. The molecule has 2 aromatic carbocycles. The summed E-state index contributed by atoms with van der Waals surface area (Å²) >= 11 is 0. The Kier molecular flexibility index (Phi) is 7.49. The van der Waals surface area contributed by atoms with Crippen LogP contribution in [0.5, 0.6) is 0 Å². The van der Waals surface area contributed by atoms with E-state index in [1.807, 2.05) is 25.1 Å². The van der Waals surface area contributed by atoms with E-state index in [0.717, 1.165) is 18.8 Å². The molecular weight excluding hydrogens is 420 g/mol. The van der Waals surface area contributed by atoms with Gasteiger partial charge < -0.3 is 14.8 Å². The van der Waals surface area contributed by atoms with Crippen molar-refractivity contribution in [1.29, 1.82) is 0 Å². The van der Waals surface area contributed by atoms with Crippen LogP contribution in [0.25, 0.3) is 0 Å². The first-order chi connectivity index (χ1) is 16.1. The number of ether oxygens (including phenoxy) is 2. The van der Waals surface area contributed by atoms with Crippen LogP contribution in [0.1, 0.15) is 34.1 Å². The lowest BCUT2D eigenvalue weighted by atomic mass is 10.1. The average Bonchev–Trinajstić information content (AvgIpc) is 2.83. The fourth-order valence-electron chi connectivity index (χ4n) is 3.76. The summed E-state index contributed by atoms with van der Waals surface area (Å²) in [5, 5.41) is 3.12. The number of rotatable bonds is 9. The molecule has 0 unspecified atom stereocenters. The second-order valence-corrected chi connectivity index (χ2v) is 7.82. The van der Waals surface area contributed by atoms with Crippen molar-refractivity contribution >= 4 is 17.6 Å². The summed E-state index contributed by atoms with van der Waals surface area (Å²) in [4.78, 5) is 34.5. The zero-order chi connectivity index (χ0) is 23.0. The van der Waals surface area contributed by atoms with Gasteiger partial charge in [-0.15, -0.1) is 0 Å². The molecule has 2 heterocycles. The number of aromatic amines is 1. The molecule has 2 N–H and O–H groups in total. The molecule has 0 bridgehead atoms. The third-order valence-electron chi connectivity index (χ3n) is 5.44. The number of H-pyrrole nitrogens is 1. The lowest BCUT2D eigenvalue weighted by molar-refractivity contribution is 0.0335. The third-order valence-corrected chi connectivity index (χ3v) is 5.44. The van der Waals surface area contributed by atoms with E-state index >= 15 is 0 Å². The molecule has 0 radical (unpaired) electrons. The van der Waals surface area contributed by atoms with E-state index in [1.165, 1.54) is 5.56 Å². The predicted molar refractivity (Wildman–Crippen MR) is 126 cm³/mol. The van der Waals surface area contributed by atoms with Gasteiger partial charge in [0.2, 0.25) is 5.95 Å². The molecule has 0 fully saturated rings. The van der Waals surface area contributed by atoms with E-state index in [0.29, 0.717) is 48.9 Å². The van der Waals surface area contributed by atoms with E-state index < -0.39 is 5.97 Å². The molecule has 1 aliphatic heterocycles. The number of aromatic nitrogens is 2. The highest BCUT2D eigenvalue weighted by Crippen LogP contribution is 2.19. The van der Waals surface area contributed by atoms with E-state index in [1.54, 1.807) is 24.3 Å². The summed E-state index contributed by atoms with van der Waals surface area (Å²) in [6, 6.07) is 17.1. The number of carbonyl (C=O) groups excluding carboxylic acids is 1. The Morgan fingerprint density at radius 1 is 1.12 bits per heavy atom. The normalized spacial score (nSPS) is 13.4. The summed E-state index contributed by atoms with van der Waals surface area (Å²) in [6.07, 6.45) is 0.716. The van der Waals surface area contributed by atoms with Crippen LogP contribution in [-0.4, -0.2) is 47.2 Å². The molecule has 3 aromatic rings. The van der Waals surface area contributed by atoms with Gasteiger partial charge in [-0.2, -0.15) is 0 Å². The SMILES string of the molecule is CCOCCOC(=O)c1ccc(Nc2nc3c(c(=O)[nH]2)CN(Cc2ccccc2)CC3)cc1. The minimum atomic E-state index is -0.401. The molecule has 1 aliphatic rings. The first kappa shape index (κ1) is 22.7. The van der Waals surface area contributed by atoms with Crippen LogP contribution in [0.15, 0.2) is 59.4 Å². The molecule has 0 spiro atoms. The molecule has 8 heteroatoms. The molecule has 0 atom stereocenters. The van der Waals surface area contributed by atoms with Crippen molar-refractivity contribution < 1.29 is 14.3 Å². The monoisotopic (exact) mass is 448 g/mol. The van der Waals surface area contributed by atoms with Crippen molar-refractivity contribution in [3.8, 4) is 0 Å². The van der Waals surface area contributed by atoms with Gasteiger partial charge in [-0.25, -0.2) is 9.78 Å². The third kappa shape index (κ3) is 6.06. The molecular formula is C25H28N4O4. The molecule has 4 rings (SSSR count). The van der Waals surface area contributed by atoms with Gasteiger partial charge in [-0.1, -0.05) is 30.3 Å². The fourth-order valence-corrected chi connectivity index (χ4v) is 3.76. The number of fused-ring (bicyclic) bond motifs is 1. The van der Waals surface area contributed by atoms with Gasteiger partial charge in [-0.05, 0) is 36.8 Å². The lowest BCUT2D eigenvalue weighted by Crippen LogP contribution is -2.35. The standard InChI is InChI=1S/C25H28N4O4/c1-2-32-14-15-33-24(31)19-8-10-20(11-9-19)26-25-27-22-12-13-29(17-21(22)23(30)28-25)16-18-6-4-3-5-7-18/h3-11H,2,12-17H2,1H3,(H2,26,27,28,30). The highest BCUT2D eigenvalue weighted by Gasteiger charge is 2.21. The summed E-state index contributed by atoms with van der Waals surface area (Å²) in [7, 11) is 0. The number of benzene rings is 2. The number of carbonyl (C=O) groups is 1. The Balaban J connectivity index is 1.37. The Hall–Kier alpha value is -3.49. The molecule has 0 saturated carbocycles. The maximum atomic E-state index is 12.7. The topological polar surface area (TPSA) is 96.5 Å². The van der Waals surface area contributed by atoms with Gasteiger partial charge in [0, 0.05) is 38.3 Å². The van der Waals surface area contributed by atoms with Crippen molar-refractivity contribution in [3.63, 3.8) is 0 Å². The van der Waals surface area contributed by atoms with Crippen LogP contribution in [-0.2, 0) is 29.0 Å². The minimum absolute atomic E-state index is 0.130. The van der Waals surface area contributed by atoms with Crippen molar-refractivity contribution in [3.05, 3.63) is 87.3 Å². The molecule has 8 nitrogen and oxygen atoms in total. The van der Waals surface area contributed by atoms with Gasteiger partial charge in [0.15, 0.2) is 0 Å². The smallest absolute Gasteiger partial charge is 0.338 e. The maximum Gasteiger partial charge on any atom is 0.338 e. The van der Waals surface area contributed by atoms with Gasteiger partial charge in [0.1, 0.15) is 6.61 Å². The van der Waals surface area contributed by atoms with Crippen LogP contribution in [0.2, 0.25) is 0 Å². The zero-order valence-electron chi connectivity index (χ0n) is 18.7. The summed E-state index contributed by atoms with van der Waals surface area (Å²) < 4.78 is 10.3. The Bertz CT molecular complexity index is 1130. The Labute approximate surface area is 192 Å². The van der Waals surface area contributed by atoms with Crippen molar-refractivity contribution in [2.45, 2.75) is 26.4 Å². The van der Waals surface area contributed by atoms with Crippen molar-refractivity contribution in [1.82, 2.24) is 14.9 Å². The van der Waals surface area contributed by atoms with Gasteiger partial charge in [0.05, 0.1) is 23.4 Å². The van der Waals surface area contributed by atoms with Gasteiger partial charge in [-0.3, -0.25) is 14.7 Å². The van der Waals surface area contributed by atoms with Crippen molar-refractivity contribution in [2.75, 3.05) is 31.7 Å². The summed E-state index contributed by atoms with van der Waals surface area (Å²) in [5.41, 5.74) is 3.79. The van der Waals surface area contributed by atoms with Crippen LogP contribution in [0.4, 0.5) is 11.6 Å². The quantitative estimate of drug-likeness (QED) is 0.383. The van der Waals surface area contributed by atoms with Gasteiger partial charge in [0.25, 0.3) is 5.56 Å². The molecule has 0 aliphatic carbocycles. The molecule has 1 aromatic heterocycles. The first-order valence-corrected chi connectivity index (χ1v) is 11.1. The Morgan fingerprint density at radius 2 is 1.91 bits per heavy atom. The largest absolute Gasteiger partial charge is 0.460 e. The van der Waals surface area contributed by atoms with Gasteiger partial charge >= 0.3 is 5.97 Å².